The molecule has 0 saturated heterocycles. The van der Waals surface area contributed by atoms with Gasteiger partial charge in [0.15, 0.2) is 11.5 Å². The predicted molar refractivity (Wildman–Crippen MR) is 130 cm³/mol. The van der Waals surface area contributed by atoms with Crippen molar-refractivity contribution in [3.05, 3.63) is 92.9 Å². The van der Waals surface area contributed by atoms with Crippen LogP contribution in [0.15, 0.2) is 76.8 Å². The summed E-state index contributed by atoms with van der Waals surface area (Å²) < 4.78 is 11.6. The zero-order valence-corrected chi connectivity index (χ0v) is 19.8. The minimum atomic E-state index is -0.575. The van der Waals surface area contributed by atoms with Crippen LogP contribution in [0.25, 0.3) is 6.08 Å². The maximum absolute atomic E-state index is 12.6. The van der Waals surface area contributed by atoms with Crippen molar-refractivity contribution in [1.29, 1.82) is 5.26 Å². The first-order valence-corrected chi connectivity index (χ1v) is 11.0. The summed E-state index contributed by atoms with van der Waals surface area (Å²) in [5.74, 6) is -0.626. The van der Waals surface area contributed by atoms with Crippen molar-refractivity contribution in [3.8, 4) is 17.6 Å². The molecule has 0 bridgehead atoms. The van der Waals surface area contributed by atoms with Crippen LogP contribution in [0.1, 0.15) is 22.8 Å². The quantitative estimate of drug-likeness (QED) is 0.170. The second-order valence-electron chi connectivity index (χ2n) is 6.65. The standard InChI is InChI=1S/C25H18BrClN2O4/c1-2-32-22-14-16(12-18(15-28)24(30)29-20-10-8-19(27)9-11-20)13-21(26)23(22)33-25(31)17-6-4-3-5-7-17/h3-14H,2H2,1H3,(H,29,30)/b18-12+. The average molecular weight is 526 g/mol. The third kappa shape index (κ3) is 6.45. The number of benzene rings is 3. The zero-order valence-electron chi connectivity index (χ0n) is 17.5. The highest BCUT2D eigenvalue weighted by Gasteiger charge is 2.18. The second-order valence-corrected chi connectivity index (χ2v) is 7.94. The lowest BCUT2D eigenvalue weighted by molar-refractivity contribution is -0.112. The molecule has 0 spiro atoms. The van der Waals surface area contributed by atoms with Crippen molar-refractivity contribution in [1.82, 2.24) is 0 Å². The minimum absolute atomic E-state index is 0.117. The molecule has 3 aromatic rings. The van der Waals surface area contributed by atoms with Crippen LogP contribution < -0.4 is 14.8 Å². The highest BCUT2D eigenvalue weighted by molar-refractivity contribution is 9.10. The average Bonchev–Trinajstić information content (AvgIpc) is 2.81. The number of ether oxygens (including phenoxy) is 2. The molecule has 1 N–H and O–H groups in total. The summed E-state index contributed by atoms with van der Waals surface area (Å²) in [4.78, 5) is 25.1. The molecule has 0 radical (unpaired) electrons. The van der Waals surface area contributed by atoms with Crippen molar-refractivity contribution in [3.63, 3.8) is 0 Å². The summed E-state index contributed by atoms with van der Waals surface area (Å²) in [5.41, 5.74) is 1.28. The van der Waals surface area contributed by atoms with E-state index in [1.807, 2.05) is 6.07 Å². The lowest BCUT2D eigenvalue weighted by Gasteiger charge is -2.14. The number of hydrogen-bond acceptors (Lipinski definition) is 5. The van der Waals surface area contributed by atoms with Crippen molar-refractivity contribution >= 4 is 51.2 Å². The molecule has 6 nitrogen and oxygen atoms in total. The van der Waals surface area contributed by atoms with Crippen LogP contribution in [0, 0.1) is 11.3 Å². The molecule has 0 aliphatic rings. The van der Waals surface area contributed by atoms with E-state index in [2.05, 4.69) is 21.2 Å². The molecule has 33 heavy (non-hydrogen) atoms. The van der Waals surface area contributed by atoms with E-state index >= 15 is 0 Å². The largest absolute Gasteiger partial charge is 0.490 e. The number of anilines is 1. The normalized spacial score (nSPS) is 10.8. The molecular formula is C25H18BrClN2O4. The van der Waals surface area contributed by atoms with Gasteiger partial charge in [0.1, 0.15) is 11.6 Å². The summed E-state index contributed by atoms with van der Waals surface area (Å²) in [6.07, 6.45) is 1.42. The number of nitrogens with one attached hydrogen (secondary N) is 1. The molecule has 0 heterocycles. The van der Waals surface area contributed by atoms with Crippen LogP contribution in [0.2, 0.25) is 5.02 Å². The van der Waals surface area contributed by atoms with Gasteiger partial charge in [-0.3, -0.25) is 4.79 Å². The van der Waals surface area contributed by atoms with E-state index in [0.717, 1.165) is 0 Å². The van der Waals surface area contributed by atoms with Gasteiger partial charge in [0.05, 0.1) is 16.6 Å². The van der Waals surface area contributed by atoms with Gasteiger partial charge in [-0.15, -0.1) is 0 Å². The van der Waals surface area contributed by atoms with Gasteiger partial charge in [0, 0.05) is 10.7 Å². The first-order chi connectivity index (χ1) is 15.9. The monoisotopic (exact) mass is 524 g/mol. The van der Waals surface area contributed by atoms with E-state index in [1.54, 1.807) is 73.7 Å². The van der Waals surface area contributed by atoms with Crippen LogP contribution in [0.3, 0.4) is 0 Å². The summed E-state index contributed by atoms with van der Waals surface area (Å²) in [7, 11) is 0. The number of amides is 1. The molecule has 166 valence electrons. The number of rotatable bonds is 7. The number of carbonyl (C=O) groups excluding carboxylic acids is 2. The van der Waals surface area contributed by atoms with Crippen LogP contribution in [-0.4, -0.2) is 18.5 Å². The second kappa shape index (κ2) is 11.3. The molecule has 0 fully saturated rings. The number of hydrogen-bond donors (Lipinski definition) is 1. The number of esters is 1. The molecule has 0 aliphatic heterocycles. The molecule has 0 aromatic heterocycles. The Labute approximate surface area is 204 Å². The third-order valence-electron chi connectivity index (χ3n) is 4.31. The molecule has 0 aliphatic carbocycles. The van der Waals surface area contributed by atoms with Gasteiger partial charge in [-0.05, 0) is 83.0 Å². The number of nitrogens with zero attached hydrogens (tertiary/aromatic N) is 1. The van der Waals surface area contributed by atoms with E-state index in [4.69, 9.17) is 21.1 Å². The first kappa shape index (κ1) is 24.1. The number of halogens is 2. The smallest absolute Gasteiger partial charge is 0.343 e. The van der Waals surface area contributed by atoms with Crippen LogP contribution in [0.4, 0.5) is 5.69 Å². The van der Waals surface area contributed by atoms with E-state index in [1.165, 1.54) is 6.08 Å². The van der Waals surface area contributed by atoms with Gasteiger partial charge >= 0.3 is 5.97 Å². The minimum Gasteiger partial charge on any atom is -0.490 e. The Morgan fingerprint density at radius 1 is 1.12 bits per heavy atom. The van der Waals surface area contributed by atoms with E-state index in [9.17, 15) is 14.9 Å². The SMILES string of the molecule is CCOc1cc(/C=C(\C#N)C(=O)Nc2ccc(Cl)cc2)cc(Br)c1OC(=O)c1ccccc1. The molecule has 8 heteroatoms. The van der Waals surface area contributed by atoms with Crippen molar-refractivity contribution in [2.24, 2.45) is 0 Å². The zero-order chi connectivity index (χ0) is 23.8. The van der Waals surface area contributed by atoms with Gasteiger partial charge in [0.25, 0.3) is 5.91 Å². The highest BCUT2D eigenvalue weighted by atomic mass is 79.9. The molecule has 0 atom stereocenters. The Morgan fingerprint density at radius 3 is 2.45 bits per heavy atom. The molecular weight excluding hydrogens is 508 g/mol. The Hall–Kier alpha value is -3.60. The van der Waals surface area contributed by atoms with Gasteiger partial charge in [-0.2, -0.15) is 5.26 Å². The topological polar surface area (TPSA) is 88.4 Å². The Balaban J connectivity index is 1.88. The highest BCUT2D eigenvalue weighted by Crippen LogP contribution is 2.38. The summed E-state index contributed by atoms with van der Waals surface area (Å²) in [5, 5.41) is 12.7. The van der Waals surface area contributed by atoms with E-state index < -0.39 is 11.9 Å². The molecule has 1 amide bonds. The van der Waals surface area contributed by atoms with E-state index in [0.29, 0.717) is 32.9 Å². The van der Waals surface area contributed by atoms with Gasteiger partial charge in [0.2, 0.25) is 0 Å². The Kier molecular flexibility index (Phi) is 8.25. The van der Waals surface area contributed by atoms with Gasteiger partial charge in [-0.1, -0.05) is 29.8 Å². The fraction of sp³-hybridized carbons (Fsp3) is 0.0800. The predicted octanol–water partition coefficient (Wildman–Crippen LogP) is 6.27. The molecule has 0 unspecified atom stereocenters. The van der Waals surface area contributed by atoms with Crippen LogP contribution >= 0.6 is 27.5 Å². The summed E-state index contributed by atoms with van der Waals surface area (Å²) >= 11 is 9.25. The maximum Gasteiger partial charge on any atom is 0.343 e. The number of carbonyl (C=O) groups is 2. The lowest BCUT2D eigenvalue weighted by Crippen LogP contribution is -2.13. The molecule has 0 saturated carbocycles. The van der Waals surface area contributed by atoms with Crippen molar-refractivity contribution < 1.29 is 19.1 Å². The summed E-state index contributed by atoms with van der Waals surface area (Å²) in [6, 6.07) is 20.2. The molecule has 3 rings (SSSR count). The fourth-order valence-corrected chi connectivity index (χ4v) is 3.47. The van der Waals surface area contributed by atoms with Crippen molar-refractivity contribution in [2.45, 2.75) is 6.92 Å². The van der Waals surface area contributed by atoms with Crippen molar-refractivity contribution in [2.75, 3.05) is 11.9 Å². The first-order valence-electron chi connectivity index (χ1n) is 9.83. The van der Waals surface area contributed by atoms with Gasteiger partial charge in [-0.25, -0.2) is 4.79 Å². The van der Waals surface area contributed by atoms with E-state index in [-0.39, 0.29) is 17.1 Å². The van der Waals surface area contributed by atoms with Gasteiger partial charge < -0.3 is 14.8 Å². The molecule has 3 aromatic carbocycles. The lowest BCUT2D eigenvalue weighted by atomic mass is 10.1. The fourth-order valence-electron chi connectivity index (χ4n) is 2.81. The Bertz CT molecular complexity index is 1240. The third-order valence-corrected chi connectivity index (χ3v) is 5.16. The van der Waals surface area contributed by atoms with Crippen LogP contribution in [0.5, 0.6) is 11.5 Å². The summed E-state index contributed by atoms with van der Waals surface area (Å²) in [6.45, 7) is 2.11. The maximum atomic E-state index is 12.6. The number of nitriles is 1. The Morgan fingerprint density at radius 2 is 1.82 bits per heavy atom. The van der Waals surface area contributed by atoms with Crippen LogP contribution in [-0.2, 0) is 4.79 Å².